The molecule has 1 aromatic heterocycles. The zero-order valence-corrected chi connectivity index (χ0v) is 12.9. The average molecular weight is 279 g/mol. The third kappa shape index (κ3) is 3.90. The highest BCUT2D eigenvalue weighted by atomic mass is 32.1. The topological polar surface area (TPSA) is 20.3 Å². The van der Waals surface area contributed by atoms with Crippen molar-refractivity contribution in [1.29, 1.82) is 0 Å². The predicted octanol–water partition coefficient (Wildman–Crippen LogP) is 3.97. The summed E-state index contributed by atoms with van der Waals surface area (Å²) in [7, 11) is 0. The molecule has 19 heavy (non-hydrogen) atoms. The van der Waals surface area contributed by atoms with Gasteiger partial charge in [-0.1, -0.05) is 32.8 Å². The van der Waals surface area contributed by atoms with E-state index in [-0.39, 0.29) is 5.41 Å². The van der Waals surface area contributed by atoms with Gasteiger partial charge in [-0.05, 0) is 36.8 Å². The van der Waals surface area contributed by atoms with Gasteiger partial charge in [-0.25, -0.2) is 0 Å². The molecule has 1 saturated carbocycles. The zero-order chi connectivity index (χ0) is 13.7. The third-order valence-corrected chi connectivity index (χ3v) is 5.18. The van der Waals surface area contributed by atoms with Crippen molar-refractivity contribution in [2.45, 2.75) is 46.1 Å². The molecule has 2 rings (SSSR count). The summed E-state index contributed by atoms with van der Waals surface area (Å²) in [5.41, 5.74) is -0.0923. The fraction of sp³-hybridized carbons (Fsp3) is 0.688. The van der Waals surface area contributed by atoms with Crippen molar-refractivity contribution in [1.82, 2.24) is 4.90 Å². The minimum atomic E-state index is -0.0923. The van der Waals surface area contributed by atoms with E-state index in [0.29, 0.717) is 5.92 Å². The summed E-state index contributed by atoms with van der Waals surface area (Å²) in [5, 5.41) is 2.13. The first-order valence-electron chi connectivity index (χ1n) is 7.38. The highest BCUT2D eigenvalue weighted by molar-refractivity contribution is 7.09. The van der Waals surface area contributed by atoms with E-state index in [4.69, 9.17) is 0 Å². The van der Waals surface area contributed by atoms with Gasteiger partial charge in [0, 0.05) is 23.4 Å². The summed E-state index contributed by atoms with van der Waals surface area (Å²) in [5.74, 6) is 0.694. The second-order valence-electron chi connectivity index (χ2n) is 6.06. The third-order valence-electron chi connectivity index (χ3n) is 4.32. The van der Waals surface area contributed by atoms with E-state index in [9.17, 15) is 4.79 Å². The monoisotopic (exact) mass is 279 g/mol. The molecule has 0 N–H and O–H groups in total. The molecule has 1 fully saturated rings. The average Bonchev–Trinajstić information content (AvgIpc) is 2.91. The molecule has 3 heteroatoms. The van der Waals surface area contributed by atoms with Crippen LogP contribution in [0.1, 0.15) is 44.4 Å². The van der Waals surface area contributed by atoms with E-state index in [2.05, 4.69) is 36.3 Å². The standard InChI is InChI=1S/C16H25NOS/c1-3-17(11-15-7-5-9-19-15)12-16(13-18)8-4-6-14(2)10-16/h5,7,9,13-14H,3-4,6,8,10-12H2,1-2H3. The Balaban J connectivity index is 2.00. The SMILES string of the molecule is CCN(Cc1cccs1)CC1(C=O)CCCC(C)C1. The number of thiophene rings is 1. The van der Waals surface area contributed by atoms with Gasteiger partial charge < -0.3 is 4.79 Å². The van der Waals surface area contributed by atoms with Crippen molar-refractivity contribution in [3.05, 3.63) is 22.4 Å². The molecule has 0 aromatic carbocycles. The van der Waals surface area contributed by atoms with Gasteiger partial charge in [0.15, 0.2) is 0 Å². The first-order chi connectivity index (χ1) is 9.17. The lowest BCUT2D eigenvalue weighted by atomic mass is 9.70. The van der Waals surface area contributed by atoms with Crippen molar-refractivity contribution in [2.75, 3.05) is 13.1 Å². The lowest BCUT2D eigenvalue weighted by molar-refractivity contribution is -0.120. The Morgan fingerprint density at radius 1 is 1.58 bits per heavy atom. The molecule has 1 aliphatic carbocycles. The fourth-order valence-corrected chi connectivity index (χ4v) is 4.08. The van der Waals surface area contributed by atoms with E-state index in [1.165, 1.54) is 24.0 Å². The van der Waals surface area contributed by atoms with Gasteiger partial charge in [0.1, 0.15) is 6.29 Å². The maximum absolute atomic E-state index is 11.7. The quantitative estimate of drug-likeness (QED) is 0.735. The van der Waals surface area contributed by atoms with Gasteiger partial charge in [0.25, 0.3) is 0 Å². The van der Waals surface area contributed by atoms with Gasteiger partial charge in [-0.2, -0.15) is 0 Å². The summed E-state index contributed by atoms with van der Waals surface area (Å²) >= 11 is 1.81. The molecule has 0 spiro atoms. The summed E-state index contributed by atoms with van der Waals surface area (Å²) < 4.78 is 0. The van der Waals surface area contributed by atoms with E-state index >= 15 is 0 Å². The molecule has 0 aliphatic heterocycles. The Morgan fingerprint density at radius 2 is 2.42 bits per heavy atom. The largest absolute Gasteiger partial charge is 0.303 e. The molecule has 0 bridgehead atoms. The number of hydrogen-bond donors (Lipinski definition) is 0. The highest BCUT2D eigenvalue weighted by Crippen LogP contribution is 2.38. The van der Waals surface area contributed by atoms with Gasteiger partial charge in [-0.15, -0.1) is 11.3 Å². The van der Waals surface area contributed by atoms with E-state index in [1.807, 2.05) is 0 Å². The molecular formula is C16H25NOS. The van der Waals surface area contributed by atoms with E-state index in [1.54, 1.807) is 11.3 Å². The second kappa shape index (κ2) is 6.67. The highest BCUT2D eigenvalue weighted by Gasteiger charge is 2.36. The van der Waals surface area contributed by atoms with Crippen molar-refractivity contribution in [3.63, 3.8) is 0 Å². The maximum Gasteiger partial charge on any atom is 0.127 e. The molecule has 0 amide bonds. The number of carbonyl (C=O) groups is 1. The molecule has 2 atom stereocenters. The molecule has 106 valence electrons. The van der Waals surface area contributed by atoms with Crippen LogP contribution in [-0.2, 0) is 11.3 Å². The summed E-state index contributed by atoms with van der Waals surface area (Å²) in [6, 6.07) is 4.29. The minimum absolute atomic E-state index is 0.0923. The second-order valence-corrected chi connectivity index (χ2v) is 7.10. The molecular weight excluding hydrogens is 254 g/mol. The first kappa shape index (κ1) is 14.7. The summed E-state index contributed by atoms with van der Waals surface area (Å²) in [6.07, 6.45) is 5.88. The van der Waals surface area contributed by atoms with Crippen molar-refractivity contribution >= 4 is 17.6 Å². The van der Waals surface area contributed by atoms with E-state index in [0.717, 1.165) is 32.5 Å². The number of hydrogen-bond acceptors (Lipinski definition) is 3. The number of aldehydes is 1. The van der Waals surface area contributed by atoms with Gasteiger partial charge in [-0.3, -0.25) is 4.90 Å². The lowest BCUT2D eigenvalue weighted by Crippen LogP contribution is -2.41. The van der Waals surface area contributed by atoms with Crippen LogP contribution >= 0.6 is 11.3 Å². The normalized spacial score (nSPS) is 27.6. The van der Waals surface area contributed by atoms with Crippen LogP contribution in [0.25, 0.3) is 0 Å². The predicted molar refractivity (Wildman–Crippen MR) is 81.4 cm³/mol. The Morgan fingerprint density at radius 3 is 3.00 bits per heavy atom. The molecule has 0 saturated heterocycles. The Bertz CT molecular complexity index is 389. The smallest absolute Gasteiger partial charge is 0.127 e. The summed E-state index contributed by atoms with van der Waals surface area (Å²) in [4.78, 5) is 15.5. The number of nitrogens with zero attached hydrogens (tertiary/aromatic N) is 1. The van der Waals surface area contributed by atoms with Crippen LogP contribution < -0.4 is 0 Å². The van der Waals surface area contributed by atoms with Crippen molar-refractivity contribution in [2.24, 2.45) is 11.3 Å². The van der Waals surface area contributed by atoms with Gasteiger partial charge in [0.05, 0.1) is 0 Å². The van der Waals surface area contributed by atoms with Gasteiger partial charge >= 0.3 is 0 Å². The summed E-state index contributed by atoms with van der Waals surface area (Å²) in [6.45, 7) is 7.40. The maximum atomic E-state index is 11.7. The number of rotatable bonds is 6. The van der Waals surface area contributed by atoms with E-state index < -0.39 is 0 Å². The Labute approximate surface area is 120 Å². The zero-order valence-electron chi connectivity index (χ0n) is 12.1. The molecule has 1 aromatic rings. The molecule has 2 nitrogen and oxygen atoms in total. The van der Waals surface area contributed by atoms with Gasteiger partial charge in [0.2, 0.25) is 0 Å². The number of carbonyl (C=O) groups excluding carboxylic acids is 1. The fourth-order valence-electron chi connectivity index (χ4n) is 3.34. The Hall–Kier alpha value is -0.670. The van der Waals surface area contributed by atoms with Crippen LogP contribution in [0, 0.1) is 11.3 Å². The molecule has 1 aliphatic rings. The van der Waals surface area contributed by atoms with Crippen LogP contribution in [0.3, 0.4) is 0 Å². The Kier molecular flexibility index (Phi) is 5.17. The lowest BCUT2D eigenvalue weighted by Gasteiger charge is -2.39. The van der Waals surface area contributed by atoms with Crippen molar-refractivity contribution < 1.29 is 4.79 Å². The molecule has 0 radical (unpaired) electrons. The van der Waals surface area contributed by atoms with Crippen LogP contribution in [0.15, 0.2) is 17.5 Å². The van der Waals surface area contributed by atoms with Crippen LogP contribution in [-0.4, -0.2) is 24.3 Å². The first-order valence-corrected chi connectivity index (χ1v) is 8.26. The van der Waals surface area contributed by atoms with Crippen LogP contribution in [0.2, 0.25) is 0 Å². The minimum Gasteiger partial charge on any atom is -0.303 e. The molecule has 1 heterocycles. The molecule has 2 unspecified atom stereocenters. The van der Waals surface area contributed by atoms with Crippen molar-refractivity contribution in [3.8, 4) is 0 Å². The van der Waals surface area contributed by atoms with Crippen LogP contribution in [0.5, 0.6) is 0 Å². The van der Waals surface area contributed by atoms with Crippen LogP contribution in [0.4, 0.5) is 0 Å².